The van der Waals surface area contributed by atoms with Crippen LogP contribution in [0.4, 0.5) is 0 Å². The summed E-state index contributed by atoms with van der Waals surface area (Å²) >= 11 is 5.71. The number of hydrogen-bond acceptors (Lipinski definition) is 2. The Morgan fingerprint density at radius 2 is 2.14 bits per heavy atom. The van der Waals surface area contributed by atoms with Crippen molar-refractivity contribution in [2.24, 2.45) is 0 Å². The molecule has 1 aliphatic rings. The van der Waals surface area contributed by atoms with Crippen molar-refractivity contribution in [1.82, 2.24) is 9.97 Å². The van der Waals surface area contributed by atoms with Gasteiger partial charge in [-0.2, -0.15) is 0 Å². The Balaban J connectivity index is 2.18. The molecule has 0 atom stereocenters. The van der Waals surface area contributed by atoms with Crippen molar-refractivity contribution in [3.8, 4) is 0 Å². The van der Waals surface area contributed by atoms with E-state index in [4.69, 9.17) is 11.6 Å². The van der Waals surface area contributed by atoms with Gasteiger partial charge in [0.25, 0.3) is 0 Å². The lowest BCUT2D eigenvalue weighted by Gasteiger charge is -2.00. The standard InChI is InChI=1S/C11H9ClN2/c12-11-13-6-9-5-8(7-1-2-7)3-4-10(9)14-11/h3-7H,1-2H2. The second kappa shape index (κ2) is 2.92. The van der Waals surface area contributed by atoms with E-state index in [0.29, 0.717) is 5.28 Å². The topological polar surface area (TPSA) is 25.8 Å². The fourth-order valence-electron chi connectivity index (χ4n) is 1.70. The average Bonchev–Trinajstić information content (AvgIpc) is 3.00. The van der Waals surface area contributed by atoms with Crippen LogP contribution in [0.3, 0.4) is 0 Å². The number of fused-ring (bicyclic) bond motifs is 1. The van der Waals surface area contributed by atoms with Gasteiger partial charge in [0.15, 0.2) is 0 Å². The first-order chi connectivity index (χ1) is 6.83. The first-order valence-corrected chi connectivity index (χ1v) is 5.13. The van der Waals surface area contributed by atoms with Crippen molar-refractivity contribution in [2.45, 2.75) is 18.8 Å². The summed E-state index contributed by atoms with van der Waals surface area (Å²) in [5, 5.41) is 1.40. The van der Waals surface area contributed by atoms with Crippen LogP contribution in [0.2, 0.25) is 5.28 Å². The van der Waals surface area contributed by atoms with E-state index in [1.54, 1.807) is 6.20 Å². The quantitative estimate of drug-likeness (QED) is 0.667. The maximum absolute atomic E-state index is 5.71. The van der Waals surface area contributed by atoms with Crippen LogP contribution in [0, 0.1) is 0 Å². The third kappa shape index (κ3) is 1.36. The number of hydrogen-bond donors (Lipinski definition) is 0. The zero-order chi connectivity index (χ0) is 9.54. The van der Waals surface area contributed by atoms with E-state index in [0.717, 1.165) is 16.8 Å². The minimum atomic E-state index is 0.316. The number of nitrogens with zero attached hydrogens (tertiary/aromatic N) is 2. The molecule has 0 saturated heterocycles. The Labute approximate surface area is 86.9 Å². The summed E-state index contributed by atoms with van der Waals surface area (Å²) in [6.07, 6.45) is 4.43. The molecule has 1 heterocycles. The van der Waals surface area contributed by atoms with Crippen molar-refractivity contribution in [3.05, 3.63) is 35.2 Å². The van der Waals surface area contributed by atoms with Crippen molar-refractivity contribution in [2.75, 3.05) is 0 Å². The molecule has 2 nitrogen and oxygen atoms in total. The Bertz CT molecular complexity index is 492. The molecule has 1 saturated carbocycles. The van der Waals surface area contributed by atoms with Gasteiger partial charge in [0.05, 0.1) is 5.52 Å². The van der Waals surface area contributed by atoms with Gasteiger partial charge >= 0.3 is 0 Å². The summed E-state index contributed by atoms with van der Waals surface area (Å²) in [7, 11) is 0. The van der Waals surface area contributed by atoms with Gasteiger partial charge < -0.3 is 0 Å². The molecule has 0 radical (unpaired) electrons. The normalized spacial score (nSPS) is 16.1. The fourth-order valence-corrected chi connectivity index (χ4v) is 1.84. The largest absolute Gasteiger partial charge is 0.226 e. The van der Waals surface area contributed by atoms with Gasteiger partial charge in [0.1, 0.15) is 0 Å². The molecule has 3 heteroatoms. The van der Waals surface area contributed by atoms with Crippen molar-refractivity contribution >= 4 is 22.5 Å². The molecule has 70 valence electrons. The summed E-state index contributed by atoms with van der Waals surface area (Å²) in [5.41, 5.74) is 2.33. The van der Waals surface area contributed by atoms with Crippen LogP contribution >= 0.6 is 11.6 Å². The van der Waals surface area contributed by atoms with Crippen LogP contribution in [0.15, 0.2) is 24.4 Å². The molecule has 0 unspecified atom stereocenters. The Morgan fingerprint density at radius 3 is 2.93 bits per heavy atom. The van der Waals surface area contributed by atoms with Crippen molar-refractivity contribution in [3.63, 3.8) is 0 Å². The first kappa shape index (κ1) is 8.18. The van der Waals surface area contributed by atoms with Gasteiger partial charge in [-0.1, -0.05) is 6.07 Å². The molecule has 2 aromatic rings. The molecule has 0 spiro atoms. The lowest BCUT2D eigenvalue weighted by Crippen LogP contribution is -1.86. The van der Waals surface area contributed by atoms with E-state index in [1.165, 1.54) is 18.4 Å². The van der Waals surface area contributed by atoms with Crippen LogP contribution in [0.5, 0.6) is 0 Å². The molecule has 3 rings (SSSR count). The van der Waals surface area contributed by atoms with Crippen molar-refractivity contribution < 1.29 is 0 Å². The van der Waals surface area contributed by atoms with E-state index in [9.17, 15) is 0 Å². The smallest absolute Gasteiger partial charge is 0.222 e. The fraction of sp³-hybridized carbons (Fsp3) is 0.273. The monoisotopic (exact) mass is 204 g/mol. The molecular weight excluding hydrogens is 196 g/mol. The summed E-state index contributed by atoms with van der Waals surface area (Å²) in [4.78, 5) is 8.13. The van der Waals surface area contributed by atoms with Crippen LogP contribution in [-0.2, 0) is 0 Å². The van der Waals surface area contributed by atoms with Crippen LogP contribution < -0.4 is 0 Å². The second-order valence-corrected chi connectivity index (χ2v) is 4.07. The molecule has 1 aromatic heterocycles. The molecule has 1 fully saturated rings. The van der Waals surface area contributed by atoms with Crippen LogP contribution in [0.25, 0.3) is 10.9 Å². The van der Waals surface area contributed by atoms with Crippen molar-refractivity contribution in [1.29, 1.82) is 0 Å². The molecule has 0 N–H and O–H groups in total. The Morgan fingerprint density at radius 1 is 1.29 bits per heavy atom. The van der Waals surface area contributed by atoms with Gasteiger partial charge in [0.2, 0.25) is 5.28 Å². The lowest BCUT2D eigenvalue weighted by molar-refractivity contribution is 1.13. The summed E-state index contributed by atoms with van der Waals surface area (Å²) < 4.78 is 0. The molecular formula is C11H9ClN2. The van der Waals surface area contributed by atoms with E-state index in [1.807, 2.05) is 6.07 Å². The van der Waals surface area contributed by atoms with E-state index >= 15 is 0 Å². The number of halogens is 1. The predicted molar refractivity (Wildman–Crippen MR) is 56.5 cm³/mol. The highest BCUT2D eigenvalue weighted by Crippen LogP contribution is 2.40. The minimum absolute atomic E-state index is 0.316. The maximum Gasteiger partial charge on any atom is 0.222 e. The van der Waals surface area contributed by atoms with E-state index in [-0.39, 0.29) is 0 Å². The highest BCUT2D eigenvalue weighted by molar-refractivity contribution is 6.28. The zero-order valence-electron chi connectivity index (χ0n) is 7.57. The Kier molecular flexibility index (Phi) is 1.71. The third-order valence-corrected chi connectivity index (χ3v) is 2.81. The summed E-state index contributed by atoms with van der Waals surface area (Å²) in [6.45, 7) is 0. The molecule has 0 aliphatic heterocycles. The van der Waals surface area contributed by atoms with Crippen LogP contribution in [-0.4, -0.2) is 9.97 Å². The molecule has 0 bridgehead atoms. The van der Waals surface area contributed by atoms with Gasteiger partial charge in [-0.05, 0) is 48.1 Å². The maximum atomic E-state index is 5.71. The number of aromatic nitrogens is 2. The predicted octanol–water partition coefficient (Wildman–Crippen LogP) is 3.16. The molecule has 1 aromatic carbocycles. The average molecular weight is 205 g/mol. The van der Waals surface area contributed by atoms with E-state index in [2.05, 4.69) is 22.1 Å². The van der Waals surface area contributed by atoms with Crippen LogP contribution in [0.1, 0.15) is 24.3 Å². The summed E-state index contributed by atoms with van der Waals surface area (Å²) in [5.74, 6) is 0.773. The highest BCUT2D eigenvalue weighted by atomic mass is 35.5. The van der Waals surface area contributed by atoms with Gasteiger partial charge in [-0.15, -0.1) is 0 Å². The molecule has 1 aliphatic carbocycles. The zero-order valence-corrected chi connectivity index (χ0v) is 8.33. The minimum Gasteiger partial charge on any atom is -0.226 e. The molecule has 14 heavy (non-hydrogen) atoms. The van der Waals surface area contributed by atoms with Gasteiger partial charge in [-0.3, -0.25) is 0 Å². The molecule has 0 amide bonds. The number of benzene rings is 1. The lowest BCUT2D eigenvalue weighted by atomic mass is 10.1. The third-order valence-electron chi connectivity index (χ3n) is 2.62. The Hall–Kier alpha value is -1.15. The SMILES string of the molecule is Clc1ncc2cc(C3CC3)ccc2n1. The first-order valence-electron chi connectivity index (χ1n) is 4.75. The number of rotatable bonds is 1. The van der Waals surface area contributed by atoms with Gasteiger partial charge in [-0.25, -0.2) is 9.97 Å². The second-order valence-electron chi connectivity index (χ2n) is 3.73. The van der Waals surface area contributed by atoms with Gasteiger partial charge in [0, 0.05) is 11.6 Å². The highest BCUT2D eigenvalue weighted by Gasteiger charge is 2.23. The van der Waals surface area contributed by atoms with E-state index < -0.39 is 0 Å². The summed E-state index contributed by atoms with van der Waals surface area (Å²) in [6, 6.07) is 6.34.